The number of pyridine rings is 1. The van der Waals surface area contributed by atoms with Crippen LogP contribution in [0.5, 0.6) is 23.0 Å². The van der Waals surface area contributed by atoms with E-state index < -0.39 is 0 Å². The number of ether oxygens (including phenoxy) is 4. The number of rotatable bonds is 5. The Morgan fingerprint density at radius 1 is 0.778 bits per heavy atom. The molecule has 0 unspecified atom stereocenters. The van der Waals surface area contributed by atoms with E-state index in [9.17, 15) is 0 Å². The van der Waals surface area contributed by atoms with Crippen LogP contribution in [0.15, 0.2) is 42.6 Å². The molecular formula is C21H20N2O4. The van der Waals surface area contributed by atoms with Gasteiger partial charge in [-0.1, -0.05) is 0 Å². The number of aromatic nitrogens is 2. The predicted octanol–water partition coefficient (Wildman–Crippen LogP) is 4.42. The van der Waals surface area contributed by atoms with Gasteiger partial charge in [-0.2, -0.15) is 0 Å². The smallest absolute Gasteiger partial charge is 0.203 e. The highest BCUT2D eigenvalue weighted by molar-refractivity contribution is 6.10. The first-order chi connectivity index (χ1) is 13.2. The maximum absolute atomic E-state index is 5.50. The molecule has 0 aliphatic carbocycles. The summed E-state index contributed by atoms with van der Waals surface area (Å²) in [6, 6.07) is 11.7. The van der Waals surface area contributed by atoms with Gasteiger partial charge in [-0.3, -0.25) is 0 Å². The first-order valence-corrected chi connectivity index (χ1v) is 8.45. The Morgan fingerprint density at radius 3 is 2.15 bits per heavy atom. The molecule has 2 heterocycles. The van der Waals surface area contributed by atoms with Crippen molar-refractivity contribution in [2.75, 3.05) is 28.4 Å². The number of methoxy groups -OCH3 is 4. The van der Waals surface area contributed by atoms with Gasteiger partial charge in [0.05, 0.1) is 45.2 Å². The highest BCUT2D eigenvalue weighted by Gasteiger charge is 2.18. The second kappa shape index (κ2) is 6.72. The molecule has 0 aliphatic heterocycles. The predicted molar refractivity (Wildman–Crippen MR) is 105 cm³/mol. The standard InChI is InChI=1S/C21H20N2O4/c1-24-13-5-6-14-15-7-8-22-20(15)19(23-16(14)11-13)12-9-17(25-2)21(27-4)18(10-12)26-3/h5-11,22H,1-4H3. The number of nitrogens with one attached hydrogen (secondary N) is 1. The van der Waals surface area contributed by atoms with Crippen LogP contribution in [0.1, 0.15) is 0 Å². The van der Waals surface area contributed by atoms with Crippen molar-refractivity contribution in [2.24, 2.45) is 0 Å². The van der Waals surface area contributed by atoms with Gasteiger partial charge in [-0.15, -0.1) is 0 Å². The minimum absolute atomic E-state index is 0.550. The molecule has 0 aliphatic rings. The fourth-order valence-electron chi connectivity index (χ4n) is 3.35. The molecule has 0 saturated carbocycles. The number of hydrogen-bond donors (Lipinski definition) is 1. The van der Waals surface area contributed by atoms with E-state index in [1.54, 1.807) is 28.4 Å². The summed E-state index contributed by atoms with van der Waals surface area (Å²) in [5.74, 6) is 2.48. The van der Waals surface area contributed by atoms with Gasteiger partial charge in [0.1, 0.15) is 5.75 Å². The third-order valence-electron chi connectivity index (χ3n) is 4.65. The lowest BCUT2D eigenvalue weighted by molar-refractivity contribution is 0.324. The van der Waals surface area contributed by atoms with E-state index in [0.717, 1.165) is 38.8 Å². The summed E-state index contributed by atoms with van der Waals surface area (Å²) in [4.78, 5) is 8.20. The van der Waals surface area contributed by atoms with Crippen LogP contribution in [0.25, 0.3) is 33.1 Å². The first-order valence-electron chi connectivity index (χ1n) is 8.45. The lowest BCUT2D eigenvalue weighted by atomic mass is 10.0. The van der Waals surface area contributed by atoms with E-state index in [1.807, 2.05) is 42.6 Å². The minimum atomic E-state index is 0.550. The summed E-state index contributed by atoms with van der Waals surface area (Å²) in [5, 5.41) is 2.15. The Labute approximate surface area is 156 Å². The molecule has 0 spiro atoms. The molecule has 0 atom stereocenters. The summed E-state index contributed by atoms with van der Waals surface area (Å²) in [6.07, 6.45) is 1.91. The monoisotopic (exact) mass is 364 g/mol. The number of benzene rings is 2. The van der Waals surface area contributed by atoms with Crippen LogP contribution < -0.4 is 18.9 Å². The molecule has 138 valence electrons. The molecule has 0 saturated heterocycles. The topological polar surface area (TPSA) is 65.6 Å². The number of aromatic amines is 1. The van der Waals surface area contributed by atoms with Crippen molar-refractivity contribution >= 4 is 21.8 Å². The lowest BCUT2D eigenvalue weighted by Gasteiger charge is -2.15. The largest absolute Gasteiger partial charge is 0.497 e. The van der Waals surface area contributed by atoms with Gasteiger partial charge in [-0.05, 0) is 30.3 Å². The summed E-state index contributed by atoms with van der Waals surface area (Å²) >= 11 is 0. The summed E-state index contributed by atoms with van der Waals surface area (Å²) in [5.41, 5.74) is 3.46. The van der Waals surface area contributed by atoms with Crippen molar-refractivity contribution in [3.8, 4) is 34.3 Å². The number of hydrogen-bond acceptors (Lipinski definition) is 5. The Morgan fingerprint density at radius 2 is 1.52 bits per heavy atom. The molecule has 6 nitrogen and oxygen atoms in total. The molecule has 27 heavy (non-hydrogen) atoms. The van der Waals surface area contributed by atoms with E-state index in [4.69, 9.17) is 23.9 Å². The van der Waals surface area contributed by atoms with Crippen LogP contribution >= 0.6 is 0 Å². The van der Waals surface area contributed by atoms with Crippen molar-refractivity contribution in [1.82, 2.24) is 9.97 Å². The Bertz CT molecular complexity index is 1110. The zero-order valence-corrected chi connectivity index (χ0v) is 15.6. The van der Waals surface area contributed by atoms with Crippen LogP contribution in [0, 0.1) is 0 Å². The van der Waals surface area contributed by atoms with E-state index in [1.165, 1.54) is 0 Å². The molecule has 4 aromatic rings. The average molecular weight is 364 g/mol. The first kappa shape index (κ1) is 17.0. The summed E-state index contributed by atoms with van der Waals surface area (Å²) in [7, 11) is 6.44. The molecule has 6 heteroatoms. The maximum atomic E-state index is 5.50. The second-order valence-electron chi connectivity index (χ2n) is 6.02. The van der Waals surface area contributed by atoms with Crippen molar-refractivity contribution in [3.63, 3.8) is 0 Å². The molecule has 0 amide bonds. The number of nitrogens with zero attached hydrogens (tertiary/aromatic N) is 1. The normalized spacial score (nSPS) is 11.0. The Balaban J connectivity index is 2.04. The van der Waals surface area contributed by atoms with Crippen LogP contribution in [0.3, 0.4) is 0 Å². The van der Waals surface area contributed by atoms with Crippen molar-refractivity contribution < 1.29 is 18.9 Å². The van der Waals surface area contributed by atoms with Gasteiger partial charge in [0.25, 0.3) is 0 Å². The summed E-state index contributed by atoms with van der Waals surface area (Å²) in [6.45, 7) is 0. The average Bonchev–Trinajstić information content (AvgIpc) is 3.21. The van der Waals surface area contributed by atoms with Crippen LogP contribution in [-0.2, 0) is 0 Å². The quantitative estimate of drug-likeness (QED) is 0.568. The van der Waals surface area contributed by atoms with E-state index in [2.05, 4.69) is 4.98 Å². The van der Waals surface area contributed by atoms with Crippen LogP contribution in [0.2, 0.25) is 0 Å². The highest BCUT2D eigenvalue weighted by atomic mass is 16.5. The van der Waals surface area contributed by atoms with Crippen LogP contribution in [0.4, 0.5) is 0 Å². The van der Waals surface area contributed by atoms with Gasteiger partial charge in [0.2, 0.25) is 5.75 Å². The Kier molecular flexibility index (Phi) is 4.24. The zero-order valence-electron chi connectivity index (χ0n) is 15.6. The molecule has 1 N–H and O–H groups in total. The molecular weight excluding hydrogens is 344 g/mol. The number of H-pyrrole nitrogens is 1. The van der Waals surface area contributed by atoms with Gasteiger partial charge >= 0.3 is 0 Å². The fraction of sp³-hybridized carbons (Fsp3) is 0.190. The maximum Gasteiger partial charge on any atom is 0.203 e. The van der Waals surface area contributed by atoms with E-state index in [0.29, 0.717) is 17.2 Å². The fourth-order valence-corrected chi connectivity index (χ4v) is 3.35. The van der Waals surface area contributed by atoms with Gasteiger partial charge < -0.3 is 23.9 Å². The van der Waals surface area contributed by atoms with Crippen molar-refractivity contribution in [2.45, 2.75) is 0 Å². The molecule has 0 bridgehead atoms. The van der Waals surface area contributed by atoms with Crippen molar-refractivity contribution in [1.29, 1.82) is 0 Å². The van der Waals surface area contributed by atoms with E-state index in [-0.39, 0.29) is 0 Å². The molecule has 4 rings (SSSR count). The Hall–Kier alpha value is -3.41. The van der Waals surface area contributed by atoms with Gasteiger partial charge in [0, 0.05) is 28.6 Å². The molecule has 2 aromatic heterocycles. The van der Waals surface area contributed by atoms with Crippen LogP contribution in [-0.4, -0.2) is 38.4 Å². The van der Waals surface area contributed by atoms with Gasteiger partial charge in [0.15, 0.2) is 11.5 Å². The third kappa shape index (κ3) is 2.70. The summed E-state index contributed by atoms with van der Waals surface area (Å²) < 4.78 is 21.8. The molecule has 0 fully saturated rings. The lowest BCUT2D eigenvalue weighted by Crippen LogP contribution is -1.97. The van der Waals surface area contributed by atoms with Gasteiger partial charge in [-0.25, -0.2) is 4.98 Å². The number of fused-ring (bicyclic) bond motifs is 3. The van der Waals surface area contributed by atoms with Crippen molar-refractivity contribution in [3.05, 3.63) is 42.6 Å². The third-order valence-corrected chi connectivity index (χ3v) is 4.65. The zero-order chi connectivity index (χ0) is 19.0. The minimum Gasteiger partial charge on any atom is -0.497 e. The van der Waals surface area contributed by atoms with E-state index >= 15 is 0 Å². The SMILES string of the molecule is COc1ccc2c(c1)nc(-c1cc(OC)c(OC)c(OC)c1)c1[nH]ccc12. The second-order valence-corrected chi connectivity index (χ2v) is 6.02. The highest BCUT2D eigenvalue weighted by Crippen LogP contribution is 2.42. The molecule has 0 radical (unpaired) electrons. The molecule has 2 aromatic carbocycles.